The second kappa shape index (κ2) is 7.40. The highest BCUT2D eigenvalue weighted by atomic mass is 32.2. The first-order chi connectivity index (χ1) is 13.8. The Balaban J connectivity index is 1.47. The number of nitrogens with zero attached hydrogens (tertiary/aromatic N) is 2. The van der Waals surface area contributed by atoms with E-state index in [0.29, 0.717) is 10.7 Å². The SMILES string of the molecule is C=CC(=O)Nc1cc2c(s1)CN(S(=O)(=O)c1ccc(N(C)C(=O)C3CC3)cc1)C2. The lowest BCUT2D eigenvalue weighted by Crippen LogP contribution is -2.28. The summed E-state index contributed by atoms with van der Waals surface area (Å²) in [6, 6.07) is 8.23. The quantitative estimate of drug-likeness (QED) is 0.713. The predicted molar refractivity (Wildman–Crippen MR) is 112 cm³/mol. The maximum Gasteiger partial charge on any atom is 0.248 e. The largest absolute Gasteiger partial charge is 0.315 e. The Kier molecular flexibility index (Phi) is 5.05. The molecule has 1 aliphatic heterocycles. The molecule has 1 fully saturated rings. The number of carbonyl (C=O) groups is 2. The first-order valence-corrected chi connectivity index (χ1v) is 11.5. The monoisotopic (exact) mass is 431 g/mol. The minimum Gasteiger partial charge on any atom is -0.315 e. The standard InChI is InChI=1S/C20H21N3O4S2/c1-3-18(24)21-19-10-14-11-23(12-17(14)28-19)29(26,27)16-8-6-15(7-9-16)22(2)20(25)13-4-5-13/h3,6-10,13H,1,4-5,11-12H2,2H3,(H,21,24). The smallest absolute Gasteiger partial charge is 0.248 e. The number of sulfonamides is 1. The number of carbonyl (C=O) groups excluding carboxylic acids is 2. The molecule has 1 aliphatic carbocycles. The van der Waals surface area contributed by atoms with Gasteiger partial charge in [-0.1, -0.05) is 6.58 Å². The molecule has 1 saturated carbocycles. The van der Waals surface area contributed by atoms with Crippen LogP contribution < -0.4 is 10.2 Å². The van der Waals surface area contributed by atoms with Crippen LogP contribution in [0.3, 0.4) is 0 Å². The van der Waals surface area contributed by atoms with Crippen LogP contribution in [0.25, 0.3) is 0 Å². The van der Waals surface area contributed by atoms with Gasteiger partial charge in [-0.25, -0.2) is 8.42 Å². The number of amides is 2. The van der Waals surface area contributed by atoms with Gasteiger partial charge in [0.15, 0.2) is 0 Å². The van der Waals surface area contributed by atoms with Gasteiger partial charge in [0.2, 0.25) is 21.8 Å². The molecule has 4 rings (SSSR count). The fourth-order valence-electron chi connectivity index (χ4n) is 3.27. The number of hydrogen-bond acceptors (Lipinski definition) is 5. The molecule has 29 heavy (non-hydrogen) atoms. The second-order valence-corrected chi connectivity index (χ2v) is 10.3. The minimum atomic E-state index is -3.65. The Hall–Kier alpha value is -2.49. The van der Waals surface area contributed by atoms with Crippen LogP contribution in [0.1, 0.15) is 23.3 Å². The number of thiophene rings is 1. The normalized spacial score (nSPS) is 16.3. The van der Waals surface area contributed by atoms with Crippen LogP contribution in [0.5, 0.6) is 0 Å². The number of nitrogens with one attached hydrogen (secondary N) is 1. The van der Waals surface area contributed by atoms with Crippen LogP contribution in [0.2, 0.25) is 0 Å². The summed E-state index contributed by atoms with van der Waals surface area (Å²) in [4.78, 5) is 26.3. The van der Waals surface area contributed by atoms with Crippen LogP contribution in [-0.2, 0) is 32.7 Å². The molecule has 2 aliphatic rings. The summed E-state index contributed by atoms with van der Waals surface area (Å²) in [6.45, 7) is 3.96. The van der Waals surface area contributed by atoms with Gasteiger partial charge in [0.25, 0.3) is 0 Å². The van der Waals surface area contributed by atoms with Crippen LogP contribution in [0.15, 0.2) is 47.9 Å². The van der Waals surface area contributed by atoms with Crippen LogP contribution in [0, 0.1) is 5.92 Å². The van der Waals surface area contributed by atoms with E-state index >= 15 is 0 Å². The fourth-order valence-corrected chi connectivity index (χ4v) is 5.83. The third-order valence-electron chi connectivity index (χ3n) is 5.11. The Labute approximate surface area is 173 Å². The number of hydrogen-bond donors (Lipinski definition) is 1. The van der Waals surface area contributed by atoms with Crippen molar-refractivity contribution in [3.05, 3.63) is 53.4 Å². The van der Waals surface area contributed by atoms with Gasteiger partial charge in [-0.05, 0) is 54.8 Å². The van der Waals surface area contributed by atoms with E-state index in [1.165, 1.54) is 21.7 Å². The zero-order valence-corrected chi connectivity index (χ0v) is 17.6. The average Bonchev–Trinajstić information content (AvgIpc) is 3.38. The summed E-state index contributed by atoms with van der Waals surface area (Å²) in [5.41, 5.74) is 1.58. The lowest BCUT2D eigenvalue weighted by atomic mass is 10.2. The molecule has 152 valence electrons. The lowest BCUT2D eigenvalue weighted by Gasteiger charge is -2.19. The highest BCUT2D eigenvalue weighted by Crippen LogP contribution is 2.37. The van der Waals surface area contributed by atoms with Crippen LogP contribution >= 0.6 is 11.3 Å². The number of anilines is 2. The van der Waals surface area contributed by atoms with Crippen molar-refractivity contribution < 1.29 is 18.0 Å². The zero-order chi connectivity index (χ0) is 20.8. The Bertz CT molecular complexity index is 1060. The Morgan fingerprint density at radius 1 is 1.24 bits per heavy atom. The molecule has 0 unspecified atom stereocenters. The summed E-state index contributed by atoms with van der Waals surface area (Å²) in [5, 5.41) is 3.39. The second-order valence-electron chi connectivity index (χ2n) is 7.19. The third kappa shape index (κ3) is 3.85. The van der Waals surface area contributed by atoms with E-state index < -0.39 is 10.0 Å². The summed E-state index contributed by atoms with van der Waals surface area (Å²) in [6.07, 6.45) is 3.04. The van der Waals surface area contributed by atoms with E-state index in [0.717, 1.165) is 23.3 Å². The van der Waals surface area contributed by atoms with E-state index in [2.05, 4.69) is 11.9 Å². The van der Waals surface area contributed by atoms with Crippen molar-refractivity contribution in [3.63, 3.8) is 0 Å². The number of fused-ring (bicyclic) bond motifs is 1. The van der Waals surface area contributed by atoms with Crippen molar-refractivity contribution in [2.75, 3.05) is 17.3 Å². The summed E-state index contributed by atoms with van der Waals surface area (Å²) < 4.78 is 27.4. The van der Waals surface area contributed by atoms with Crippen molar-refractivity contribution in [1.82, 2.24) is 4.31 Å². The molecule has 0 atom stereocenters. The van der Waals surface area contributed by atoms with Crippen molar-refractivity contribution in [2.45, 2.75) is 30.8 Å². The topological polar surface area (TPSA) is 86.8 Å². The van der Waals surface area contributed by atoms with E-state index in [-0.39, 0.29) is 35.7 Å². The van der Waals surface area contributed by atoms with Crippen LogP contribution in [0.4, 0.5) is 10.7 Å². The maximum absolute atomic E-state index is 13.0. The molecule has 0 spiro atoms. The summed E-state index contributed by atoms with van der Waals surface area (Å²) in [7, 11) is -1.94. The van der Waals surface area contributed by atoms with E-state index in [1.54, 1.807) is 42.3 Å². The minimum absolute atomic E-state index is 0.0731. The molecule has 9 heteroatoms. The number of benzene rings is 1. The number of rotatable bonds is 6. The molecule has 1 aromatic carbocycles. The lowest BCUT2D eigenvalue weighted by molar-refractivity contribution is -0.119. The first-order valence-electron chi connectivity index (χ1n) is 9.22. The highest BCUT2D eigenvalue weighted by Gasteiger charge is 2.34. The molecule has 2 heterocycles. The van der Waals surface area contributed by atoms with Crippen molar-refractivity contribution in [3.8, 4) is 0 Å². The van der Waals surface area contributed by atoms with E-state index in [1.807, 2.05) is 0 Å². The Morgan fingerprint density at radius 2 is 1.93 bits per heavy atom. The molecular weight excluding hydrogens is 410 g/mol. The molecule has 2 amide bonds. The maximum atomic E-state index is 13.0. The molecular formula is C20H21N3O4S2. The predicted octanol–water partition coefficient (Wildman–Crippen LogP) is 2.95. The van der Waals surface area contributed by atoms with Gasteiger partial charge in [0, 0.05) is 36.6 Å². The van der Waals surface area contributed by atoms with Gasteiger partial charge in [-0.3, -0.25) is 9.59 Å². The fraction of sp³-hybridized carbons (Fsp3) is 0.300. The first kappa shape index (κ1) is 19.8. The van der Waals surface area contributed by atoms with Crippen molar-refractivity contribution in [1.29, 1.82) is 0 Å². The molecule has 2 aromatic rings. The summed E-state index contributed by atoms with van der Waals surface area (Å²) >= 11 is 1.37. The summed E-state index contributed by atoms with van der Waals surface area (Å²) in [5.74, 6) is -0.114. The molecule has 0 radical (unpaired) electrons. The van der Waals surface area contributed by atoms with Gasteiger partial charge < -0.3 is 10.2 Å². The van der Waals surface area contributed by atoms with Gasteiger partial charge in [0.05, 0.1) is 9.90 Å². The molecule has 7 nitrogen and oxygen atoms in total. The molecule has 1 aromatic heterocycles. The van der Waals surface area contributed by atoms with Gasteiger partial charge in [-0.15, -0.1) is 11.3 Å². The van der Waals surface area contributed by atoms with E-state index in [9.17, 15) is 18.0 Å². The van der Waals surface area contributed by atoms with E-state index in [4.69, 9.17) is 0 Å². The third-order valence-corrected chi connectivity index (χ3v) is 8.00. The molecule has 0 bridgehead atoms. The Morgan fingerprint density at radius 3 is 2.52 bits per heavy atom. The van der Waals surface area contributed by atoms with Gasteiger partial charge in [-0.2, -0.15) is 4.31 Å². The molecule has 0 saturated heterocycles. The van der Waals surface area contributed by atoms with Crippen molar-refractivity contribution in [2.24, 2.45) is 5.92 Å². The highest BCUT2D eigenvalue weighted by molar-refractivity contribution is 7.89. The van der Waals surface area contributed by atoms with Crippen molar-refractivity contribution >= 4 is 43.9 Å². The molecule has 1 N–H and O–H groups in total. The van der Waals surface area contributed by atoms with Crippen LogP contribution in [-0.4, -0.2) is 31.6 Å². The van der Waals surface area contributed by atoms with Gasteiger partial charge >= 0.3 is 0 Å². The average molecular weight is 432 g/mol. The van der Waals surface area contributed by atoms with Gasteiger partial charge in [0.1, 0.15) is 0 Å². The zero-order valence-electron chi connectivity index (χ0n) is 15.9.